The Morgan fingerprint density at radius 2 is 1.51 bits per heavy atom. The molecule has 184 valence electrons. The zero-order chi connectivity index (χ0) is 25.8. The number of hydrogen-bond donors (Lipinski definition) is 0. The minimum absolute atomic E-state index is 0.261. The van der Waals surface area contributed by atoms with Crippen molar-refractivity contribution < 1.29 is 23.9 Å². The van der Waals surface area contributed by atoms with Gasteiger partial charge in [0, 0.05) is 18.7 Å². The number of ether oxygens (including phenoxy) is 1. The Morgan fingerprint density at radius 3 is 2.22 bits per heavy atom. The van der Waals surface area contributed by atoms with Gasteiger partial charge in [-0.05, 0) is 60.5 Å². The summed E-state index contributed by atoms with van der Waals surface area (Å²) in [5, 5.41) is 0. The van der Waals surface area contributed by atoms with Crippen LogP contribution in [0, 0.1) is 18.8 Å². The number of amides is 2. The number of hydrogen-bond acceptors (Lipinski definition) is 6. The van der Waals surface area contributed by atoms with E-state index >= 15 is 0 Å². The molecular weight excluding hydrogens is 468 g/mol. The fourth-order valence-corrected chi connectivity index (χ4v) is 5.83. The predicted octanol–water partition coefficient (Wildman–Crippen LogP) is 4.32. The summed E-state index contributed by atoms with van der Waals surface area (Å²) in [5.74, 6) is -2.58. The molecule has 3 aromatic rings. The Morgan fingerprint density at radius 1 is 0.838 bits per heavy atom. The van der Waals surface area contributed by atoms with Gasteiger partial charge < -0.3 is 9.64 Å². The summed E-state index contributed by atoms with van der Waals surface area (Å²) in [5.41, 5.74) is 3.80. The summed E-state index contributed by atoms with van der Waals surface area (Å²) >= 11 is 0. The number of ketones is 1. The number of Topliss-reactive ketones (excluding diaryl/α,β-unsaturated/α-hetero) is 1. The summed E-state index contributed by atoms with van der Waals surface area (Å²) < 4.78 is 5.09. The normalized spacial score (nSPS) is 23.5. The lowest BCUT2D eigenvalue weighted by molar-refractivity contribution is -0.132. The van der Waals surface area contributed by atoms with E-state index in [1.807, 2.05) is 60.5 Å². The van der Waals surface area contributed by atoms with Crippen molar-refractivity contribution in [2.45, 2.75) is 25.9 Å². The number of aryl methyl sites for hydroxylation is 1. The topological polar surface area (TPSA) is 84.0 Å². The van der Waals surface area contributed by atoms with Crippen LogP contribution in [0.15, 0.2) is 79.0 Å². The number of benzene rings is 3. The molecule has 0 spiro atoms. The van der Waals surface area contributed by atoms with E-state index in [1.54, 1.807) is 36.4 Å². The zero-order valence-electron chi connectivity index (χ0n) is 20.3. The molecule has 2 saturated heterocycles. The van der Waals surface area contributed by atoms with Crippen molar-refractivity contribution in [2.24, 2.45) is 11.8 Å². The highest BCUT2D eigenvalue weighted by Crippen LogP contribution is 2.53. The lowest BCUT2D eigenvalue weighted by atomic mass is 9.83. The average molecular weight is 493 g/mol. The second-order valence-electron chi connectivity index (χ2n) is 9.66. The molecule has 3 aliphatic rings. The fraction of sp³-hybridized carbons (Fsp3) is 0.200. The first-order valence-corrected chi connectivity index (χ1v) is 12.2. The van der Waals surface area contributed by atoms with Crippen molar-refractivity contribution in [1.29, 1.82) is 0 Å². The van der Waals surface area contributed by atoms with Gasteiger partial charge in [-0.15, -0.1) is 0 Å². The number of nitrogens with zero attached hydrogens (tertiary/aromatic N) is 2. The van der Waals surface area contributed by atoms with E-state index in [1.165, 1.54) is 11.8 Å². The van der Waals surface area contributed by atoms with E-state index in [9.17, 15) is 19.2 Å². The highest BCUT2D eigenvalue weighted by atomic mass is 16.5. The summed E-state index contributed by atoms with van der Waals surface area (Å²) in [6, 6.07) is 20.0. The van der Waals surface area contributed by atoms with Gasteiger partial charge in [0.05, 0.1) is 23.6 Å². The van der Waals surface area contributed by atoms with Crippen molar-refractivity contribution in [2.75, 3.05) is 4.90 Å². The monoisotopic (exact) mass is 492 g/mol. The van der Waals surface area contributed by atoms with Crippen LogP contribution in [0.25, 0.3) is 6.08 Å². The van der Waals surface area contributed by atoms with Crippen LogP contribution in [0.2, 0.25) is 0 Å². The molecule has 0 radical (unpaired) electrons. The van der Waals surface area contributed by atoms with Gasteiger partial charge in [0.1, 0.15) is 11.8 Å². The van der Waals surface area contributed by atoms with Crippen molar-refractivity contribution in [3.8, 4) is 5.75 Å². The largest absolute Gasteiger partial charge is 0.427 e. The van der Waals surface area contributed by atoms with Crippen LogP contribution in [-0.2, 0) is 14.4 Å². The van der Waals surface area contributed by atoms with E-state index in [4.69, 9.17) is 4.74 Å². The van der Waals surface area contributed by atoms with Crippen molar-refractivity contribution in [1.82, 2.24) is 4.90 Å². The van der Waals surface area contributed by atoms with Crippen LogP contribution in [0.5, 0.6) is 5.75 Å². The van der Waals surface area contributed by atoms with E-state index in [-0.39, 0.29) is 17.6 Å². The Labute approximate surface area is 213 Å². The zero-order valence-corrected chi connectivity index (χ0v) is 20.3. The number of fused-ring (bicyclic) bond motifs is 5. The molecule has 3 aliphatic heterocycles. The third-order valence-electron chi connectivity index (χ3n) is 7.42. The summed E-state index contributed by atoms with van der Waals surface area (Å²) in [6.07, 6.45) is 3.75. The number of carbonyl (C=O) groups excluding carboxylic acids is 4. The van der Waals surface area contributed by atoms with Crippen LogP contribution in [0.1, 0.15) is 40.0 Å². The van der Waals surface area contributed by atoms with Gasteiger partial charge in [0.15, 0.2) is 5.78 Å². The molecule has 0 N–H and O–H groups in total. The third kappa shape index (κ3) is 3.57. The van der Waals surface area contributed by atoms with Gasteiger partial charge in [-0.2, -0.15) is 0 Å². The van der Waals surface area contributed by atoms with Gasteiger partial charge in [-0.3, -0.25) is 19.2 Å². The minimum atomic E-state index is -0.855. The number of carbonyl (C=O) groups is 4. The fourth-order valence-electron chi connectivity index (χ4n) is 5.83. The summed E-state index contributed by atoms with van der Waals surface area (Å²) in [7, 11) is 0. The molecule has 0 aromatic heterocycles. The molecular formula is C30H24N2O5. The van der Waals surface area contributed by atoms with Gasteiger partial charge in [0.2, 0.25) is 11.8 Å². The molecule has 0 aliphatic carbocycles. The maximum absolute atomic E-state index is 14.0. The minimum Gasteiger partial charge on any atom is -0.427 e. The quantitative estimate of drug-likeness (QED) is 0.234. The smallest absolute Gasteiger partial charge is 0.308 e. The van der Waals surface area contributed by atoms with E-state index in [2.05, 4.69) is 0 Å². The van der Waals surface area contributed by atoms with Crippen LogP contribution in [0.3, 0.4) is 0 Å². The van der Waals surface area contributed by atoms with Crippen LogP contribution >= 0.6 is 0 Å². The first kappa shape index (κ1) is 22.9. The predicted molar refractivity (Wildman–Crippen MR) is 137 cm³/mol. The van der Waals surface area contributed by atoms with E-state index < -0.39 is 29.9 Å². The Balaban J connectivity index is 1.44. The molecule has 2 fully saturated rings. The van der Waals surface area contributed by atoms with E-state index in [0.717, 1.165) is 16.7 Å². The maximum Gasteiger partial charge on any atom is 0.308 e. The third-order valence-corrected chi connectivity index (χ3v) is 7.42. The SMILES string of the molecule is CC(=O)Oc1ccc(C(=O)[C@@H]2[C@H]3C(=O)N(c4ccc(C)cc4)C(=O)[C@H]3[C@@H]3c4ccccc4C=CN23)cc1. The second-order valence-corrected chi connectivity index (χ2v) is 9.66. The summed E-state index contributed by atoms with van der Waals surface area (Å²) in [4.78, 5) is 56.2. The Kier molecular flexibility index (Phi) is 5.30. The highest BCUT2D eigenvalue weighted by Gasteiger charge is 2.64. The molecule has 7 heteroatoms. The number of esters is 1. The highest BCUT2D eigenvalue weighted by molar-refractivity contribution is 6.24. The Hall–Kier alpha value is -4.52. The van der Waals surface area contributed by atoms with Gasteiger partial charge in [0.25, 0.3) is 0 Å². The lowest BCUT2D eigenvalue weighted by Crippen LogP contribution is -2.44. The molecule has 2 amide bonds. The van der Waals surface area contributed by atoms with Crippen LogP contribution in [0.4, 0.5) is 5.69 Å². The molecule has 6 rings (SSSR count). The lowest BCUT2D eigenvalue weighted by Gasteiger charge is -2.35. The number of rotatable bonds is 4. The molecule has 0 unspecified atom stereocenters. The van der Waals surface area contributed by atoms with Crippen LogP contribution < -0.4 is 9.64 Å². The Bertz CT molecular complexity index is 1470. The molecule has 7 nitrogen and oxygen atoms in total. The first-order valence-electron chi connectivity index (χ1n) is 12.2. The van der Waals surface area contributed by atoms with Gasteiger partial charge >= 0.3 is 5.97 Å². The van der Waals surface area contributed by atoms with Crippen LogP contribution in [-0.4, -0.2) is 34.5 Å². The van der Waals surface area contributed by atoms with Crippen molar-refractivity contribution in [3.05, 3.63) is 101 Å². The second kappa shape index (κ2) is 8.55. The van der Waals surface area contributed by atoms with Crippen molar-refractivity contribution >= 4 is 35.3 Å². The summed E-state index contributed by atoms with van der Waals surface area (Å²) in [6.45, 7) is 3.25. The average Bonchev–Trinajstić information content (AvgIpc) is 3.37. The molecule has 0 saturated carbocycles. The van der Waals surface area contributed by atoms with Gasteiger partial charge in [-0.25, -0.2) is 4.90 Å². The van der Waals surface area contributed by atoms with Gasteiger partial charge in [-0.1, -0.05) is 42.0 Å². The molecule has 37 heavy (non-hydrogen) atoms. The molecule has 0 bridgehead atoms. The van der Waals surface area contributed by atoms with Crippen molar-refractivity contribution in [3.63, 3.8) is 0 Å². The number of imide groups is 1. The molecule has 3 aromatic carbocycles. The standard InChI is InChI=1S/C30H24N2O5/c1-17-7-11-21(12-8-17)32-29(35)24-25(30(32)36)27(28(34)20-9-13-22(14-10-20)37-18(2)33)31-16-15-19-5-3-4-6-23(19)26(24)31/h3-16,24-27H,1-2H3/t24-,25+,26+,27+/m1/s1. The maximum atomic E-state index is 14.0. The molecule has 4 atom stereocenters. The first-order chi connectivity index (χ1) is 17.8. The van der Waals surface area contributed by atoms with E-state index in [0.29, 0.717) is 17.0 Å². The number of anilines is 1. The molecule has 3 heterocycles.